The summed E-state index contributed by atoms with van der Waals surface area (Å²) in [6.07, 6.45) is 1.06. The Hall–Kier alpha value is -1.34. The molecular formula is C17H20Cl2N4OS. The Morgan fingerprint density at radius 1 is 1.28 bits per heavy atom. The van der Waals surface area contributed by atoms with Crippen molar-refractivity contribution in [1.29, 1.82) is 0 Å². The molecule has 0 spiro atoms. The molecule has 1 aromatic heterocycles. The number of hydrogen-bond donors (Lipinski definition) is 2. The summed E-state index contributed by atoms with van der Waals surface area (Å²) in [6, 6.07) is 11.2. The molecule has 1 saturated heterocycles. The molecule has 3 rings (SSSR count). The smallest absolute Gasteiger partial charge is 0.272 e. The average molecular weight is 399 g/mol. The van der Waals surface area contributed by atoms with Crippen molar-refractivity contribution in [3.63, 3.8) is 0 Å². The molecular weight excluding hydrogens is 379 g/mol. The van der Waals surface area contributed by atoms with Crippen LogP contribution in [0.2, 0.25) is 5.02 Å². The fraction of sp³-hybridized carbons (Fsp3) is 0.353. The number of hydrogen-bond acceptors (Lipinski definition) is 5. The maximum Gasteiger partial charge on any atom is 0.272 e. The third-order valence-corrected chi connectivity index (χ3v) is 5.51. The van der Waals surface area contributed by atoms with Gasteiger partial charge in [0, 0.05) is 17.5 Å². The van der Waals surface area contributed by atoms with Gasteiger partial charge >= 0.3 is 0 Å². The number of nitrogens with zero attached hydrogens (tertiary/aromatic N) is 2. The van der Waals surface area contributed by atoms with Gasteiger partial charge in [-0.1, -0.05) is 42.4 Å². The van der Waals surface area contributed by atoms with E-state index in [1.54, 1.807) is 12.1 Å². The van der Waals surface area contributed by atoms with Gasteiger partial charge in [-0.25, -0.2) is 0 Å². The van der Waals surface area contributed by atoms with Gasteiger partial charge in [0.05, 0.1) is 5.02 Å². The molecule has 2 unspecified atom stereocenters. The van der Waals surface area contributed by atoms with Gasteiger partial charge in [0.15, 0.2) is 5.69 Å². The number of nitrogens with one attached hydrogen (secondary N) is 2. The van der Waals surface area contributed by atoms with E-state index in [0.29, 0.717) is 21.7 Å². The number of amides is 1. The largest absolute Gasteiger partial charge is 0.346 e. The first kappa shape index (κ1) is 20.0. The molecule has 1 aliphatic rings. The monoisotopic (exact) mass is 398 g/mol. The van der Waals surface area contributed by atoms with Crippen molar-refractivity contribution in [2.24, 2.45) is 5.92 Å². The van der Waals surface area contributed by atoms with E-state index in [0.717, 1.165) is 24.4 Å². The predicted molar refractivity (Wildman–Crippen MR) is 103 cm³/mol. The highest BCUT2D eigenvalue weighted by molar-refractivity contribution is 7.99. The van der Waals surface area contributed by atoms with Crippen molar-refractivity contribution in [3.8, 4) is 0 Å². The van der Waals surface area contributed by atoms with Gasteiger partial charge in [-0.3, -0.25) is 4.79 Å². The van der Waals surface area contributed by atoms with Gasteiger partial charge in [-0.2, -0.15) is 0 Å². The van der Waals surface area contributed by atoms with Gasteiger partial charge in [-0.15, -0.1) is 22.6 Å². The van der Waals surface area contributed by atoms with E-state index < -0.39 is 0 Å². The number of halogens is 2. The van der Waals surface area contributed by atoms with E-state index in [1.807, 2.05) is 24.3 Å². The lowest BCUT2D eigenvalue weighted by atomic mass is 9.95. The second-order valence-corrected chi connectivity index (χ2v) is 7.31. The van der Waals surface area contributed by atoms with E-state index in [2.05, 4.69) is 27.8 Å². The van der Waals surface area contributed by atoms with Crippen molar-refractivity contribution < 1.29 is 4.79 Å². The SMILES string of the molecule is CC1CCNCC1NC(=O)c1ccc(Sc2ccccc2Cl)nn1.Cl. The molecule has 2 atom stereocenters. The van der Waals surface area contributed by atoms with Crippen molar-refractivity contribution in [2.75, 3.05) is 13.1 Å². The van der Waals surface area contributed by atoms with Crippen LogP contribution in [-0.2, 0) is 0 Å². The molecule has 1 aromatic carbocycles. The van der Waals surface area contributed by atoms with Crippen LogP contribution in [0.25, 0.3) is 0 Å². The van der Waals surface area contributed by atoms with Crippen LogP contribution in [0.15, 0.2) is 46.3 Å². The topological polar surface area (TPSA) is 66.9 Å². The normalized spacial score (nSPS) is 19.8. The maximum atomic E-state index is 12.3. The van der Waals surface area contributed by atoms with Crippen molar-refractivity contribution in [1.82, 2.24) is 20.8 Å². The van der Waals surface area contributed by atoms with Gasteiger partial charge in [0.1, 0.15) is 5.03 Å². The lowest BCUT2D eigenvalue weighted by Gasteiger charge is -2.30. The van der Waals surface area contributed by atoms with Crippen LogP contribution in [0, 0.1) is 5.92 Å². The molecule has 1 amide bonds. The van der Waals surface area contributed by atoms with Gasteiger partial charge in [-0.05, 0) is 43.1 Å². The summed E-state index contributed by atoms with van der Waals surface area (Å²) >= 11 is 7.56. The Morgan fingerprint density at radius 2 is 2.08 bits per heavy atom. The van der Waals surface area contributed by atoms with Crippen LogP contribution >= 0.6 is 35.8 Å². The van der Waals surface area contributed by atoms with E-state index in [1.165, 1.54) is 11.8 Å². The maximum absolute atomic E-state index is 12.3. The summed E-state index contributed by atoms with van der Waals surface area (Å²) in [5, 5.41) is 15.9. The zero-order chi connectivity index (χ0) is 16.9. The average Bonchev–Trinajstić information content (AvgIpc) is 2.59. The first-order valence-electron chi connectivity index (χ1n) is 7.91. The number of aromatic nitrogens is 2. The Kier molecular flexibility index (Phi) is 7.50. The van der Waals surface area contributed by atoms with Crippen molar-refractivity contribution >= 4 is 41.7 Å². The van der Waals surface area contributed by atoms with Crippen molar-refractivity contribution in [3.05, 3.63) is 47.1 Å². The minimum atomic E-state index is -0.183. The fourth-order valence-electron chi connectivity index (χ4n) is 2.56. The van der Waals surface area contributed by atoms with Crippen LogP contribution < -0.4 is 10.6 Å². The van der Waals surface area contributed by atoms with Crippen LogP contribution in [0.1, 0.15) is 23.8 Å². The number of carbonyl (C=O) groups excluding carboxylic acids is 1. The molecule has 2 aromatic rings. The zero-order valence-electron chi connectivity index (χ0n) is 13.7. The Bertz CT molecular complexity index is 714. The minimum Gasteiger partial charge on any atom is -0.346 e. The number of carbonyl (C=O) groups is 1. The summed E-state index contributed by atoms with van der Waals surface area (Å²) in [7, 11) is 0. The lowest BCUT2D eigenvalue weighted by Crippen LogP contribution is -2.50. The molecule has 2 N–H and O–H groups in total. The standard InChI is InChI=1S/C17H19ClN4OS.ClH/c1-11-8-9-19-10-14(11)20-17(23)13-6-7-16(22-21-13)24-15-5-3-2-4-12(15)18;/h2-7,11,14,19H,8-10H2,1H3,(H,20,23);1H. The molecule has 134 valence electrons. The second kappa shape index (κ2) is 9.38. The first-order chi connectivity index (χ1) is 11.6. The number of piperidine rings is 1. The quantitative estimate of drug-likeness (QED) is 0.825. The van der Waals surface area contributed by atoms with Gasteiger partial charge in [0.2, 0.25) is 0 Å². The highest BCUT2D eigenvalue weighted by atomic mass is 35.5. The Morgan fingerprint density at radius 3 is 2.76 bits per heavy atom. The summed E-state index contributed by atoms with van der Waals surface area (Å²) in [5.41, 5.74) is 0.330. The molecule has 0 saturated carbocycles. The highest BCUT2D eigenvalue weighted by Crippen LogP contribution is 2.31. The second-order valence-electron chi connectivity index (χ2n) is 5.84. The first-order valence-corrected chi connectivity index (χ1v) is 9.10. The van der Waals surface area contributed by atoms with E-state index in [-0.39, 0.29) is 24.4 Å². The van der Waals surface area contributed by atoms with Gasteiger partial charge < -0.3 is 10.6 Å². The molecule has 0 bridgehead atoms. The molecule has 0 aliphatic carbocycles. The van der Waals surface area contributed by atoms with E-state index >= 15 is 0 Å². The van der Waals surface area contributed by atoms with Crippen LogP contribution in [0.3, 0.4) is 0 Å². The van der Waals surface area contributed by atoms with E-state index in [4.69, 9.17) is 11.6 Å². The predicted octanol–water partition coefficient (Wildman–Crippen LogP) is 3.43. The summed E-state index contributed by atoms with van der Waals surface area (Å²) in [4.78, 5) is 13.2. The molecule has 2 heterocycles. The van der Waals surface area contributed by atoms with Crippen LogP contribution in [0.4, 0.5) is 0 Å². The number of benzene rings is 1. The molecule has 0 radical (unpaired) electrons. The molecule has 5 nitrogen and oxygen atoms in total. The molecule has 25 heavy (non-hydrogen) atoms. The Labute approximate surface area is 162 Å². The zero-order valence-corrected chi connectivity index (χ0v) is 16.1. The fourth-order valence-corrected chi connectivity index (χ4v) is 3.57. The van der Waals surface area contributed by atoms with Gasteiger partial charge in [0.25, 0.3) is 5.91 Å². The lowest BCUT2D eigenvalue weighted by molar-refractivity contribution is 0.0909. The third kappa shape index (κ3) is 5.31. The third-order valence-electron chi connectivity index (χ3n) is 4.07. The van der Waals surface area contributed by atoms with Crippen LogP contribution in [0.5, 0.6) is 0 Å². The Balaban J connectivity index is 0.00000225. The molecule has 1 aliphatic heterocycles. The molecule has 1 fully saturated rings. The summed E-state index contributed by atoms with van der Waals surface area (Å²) in [6.45, 7) is 3.95. The number of rotatable bonds is 4. The summed E-state index contributed by atoms with van der Waals surface area (Å²) in [5.74, 6) is 0.274. The molecule has 8 heteroatoms. The van der Waals surface area contributed by atoms with Crippen molar-refractivity contribution in [2.45, 2.75) is 29.3 Å². The minimum absolute atomic E-state index is 0. The van der Waals surface area contributed by atoms with E-state index in [9.17, 15) is 4.79 Å². The summed E-state index contributed by atoms with van der Waals surface area (Å²) < 4.78 is 0. The highest BCUT2D eigenvalue weighted by Gasteiger charge is 2.23. The van der Waals surface area contributed by atoms with Crippen LogP contribution in [-0.4, -0.2) is 35.2 Å².